The van der Waals surface area contributed by atoms with Crippen molar-refractivity contribution in [3.05, 3.63) is 46.3 Å². The van der Waals surface area contributed by atoms with Crippen LogP contribution in [0.15, 0.2) is 28.9 Å². The number of Topliss-reactive ketones (excluding diaryl/α,β-unsaturated/α-hetero) is 1. The average molecular weight is 449 g/mol. The molecule has 9 heteroatoms. The predicted octanol–water partition coefficient (Wildman–Crippen LogP) is 4.23. The SMILES string of the molecule is COC(=O)c1c(-c2cccc(C(=O)OC(C)(C)C)c2Cl)noc1/C(=C/N(C)C)C(C)=O. The minimum Gasteiger partial charge on any atom is -0.465 e. The lowest BCUT2D eigenvalue weighted by atomic mass is 9.99. The zero-order chi connectivity index (χ0) is 23.5. The quantitative estimate of drug-likeness (QED) is 0.478. The maximum Gasteiger partial charge on any atom is 0.344 e. The van der Waals surface area contributed by atoms with Gasteiger partial charge in [-0.2, -0.15) is 0 Å². The molecule has 0 saturated heterocycles. The number of allylic oxidation sites excluding steroid dienone is 1. The van der Waals surface area contributed by atoms with E-state index in [4.69, 9.17) is 25.6 Å². The zero-order valence-corrected chi connectivity index (χ0v) is 19.3. The molecule has 1 aromatic heterocycles. The van der Waals surface area contributed by atoms with Gasteiger partial charge >= 0.3 is 11.9 Å². The molecule has 0 aliphatic carbocycles. The summed E-state index contributed by atoms with van der Waals surface area (Å²) in [6, 6.07) is 4.66. The number of halogens is 1. The second kappa shape index (κ2) is 9.34. The second-order valence-corrected chi connectivity index (χ2v) is 8.34. The van der Waals surface area contributed by atoms with Crippen LogP contribution in [0.2, 0.25) is 5.02 Å². The van der Waals surface area contributed by atoms with E-state index in [0.717, 1.165) is 0 Å². The molecule has 1 heterocycles. The Morgan fingerprint density at radius 1 is 1.16 bits per heavy atom. The topological polar surface area (TPSA) is 98.9 Å². The summed E-state index contributed by atoms with van der Waals surface area (Å²) in [6.45, 7) is 6.56. The fourth-order valence-corrected chi connectivity index (χ4v) is 3.02. The van der Waals surface area contributed by atoms with Gasteiger partial charge in [-0.3, -0.25) is 4.79 Å². The number of hydrogen-bond donors (Lipinski definition) is 0. The molecule has 2 aromatic rings. The van der Waals surface area contributed by atoms with Gasteiger partial charge in [0.05, 0.1) is 23.3 Å². The van der Waals surface area contributed by atoms with Crippen LogP contribution >= 0.6 is 11.6 Å². The van der Waals surface area contributed by atoms with Crippen LogP contribution in [0, 0.1) is 0 Å². The van der Waals surface area contributed by atoms with Crippen molar-refractivity contribution in [2.45, 2.75) is 33.3 Å². The van der Waals surface area contributed by atoms with Crippen molar-refractivity contribution in [2.24, 2.45) is 0 Å². The third kappa shape index (κ3) is 5.52. The molecule has 31 heavy (non-hydrogen) atoms. The Kier molecular flexibility index (Phi) is 7.28. The molecule has 166 valence electrons. The van der Waals surface area contributed by atoms with Gasteiger partial charge in [0.15, 0.2) is 11.5 Å². The Morgan fingerprint density at radius 3 is 2.32 bits per heavy atom. The van der Waals surface area contributed by atoms with Crippen molar-refractivity contribution in [3.8, 4) is 11.3 Å². The number of benzene rings is 1. The van der Waals surface area contributed by atoms with E-state index in [1.54, 1.807) is 51.9 Å². The number of ether oxygens (including phenoxy) is 2. The third-order valence-corrected chi connectivity index (χ3v) is 4.37. The highest BCUT2D eigenvalue weighted by molar-refractivity contribution is 6.36. The van der Waals surface area contributed by atoms with Crippen molar-refractivity contribution in [1.82, 2.24) is 10.1 Å². The highest BCUT2D eigenvalue weighted by atomic mass is 35.5. The summed E-state index contributed by atoms with van der Waals surface area (Å²) in [4.78, 5) is 39.0. The first-order valence-corrected chi connectivity index (χ1v) is 9.75. The molecule has 0 N–H and O–H groups in total. The molecule has 2 rings (SSSR count). The highest BCUT2D eigenvalue weighted by Crippen LogP contribution is 2.36. The molecule has 0 atom stereocenters. The average Bonchev–Trinajstić information content (AvgIpc) is 3.08. The summed E-state index contributed by atoms with van der Waals surface area (Å²) in [5.41, 5.74) is -0.263. The molecule has 0 fully saturated rings. The molecule has 0 unspecified atom stereocenters. The van der Waals surface area contributed by atoms with Crippen LogP contribution in [0.3, 0.4) is 0 Å². The molecule has 8 nitrogen and oxygen atoms in total. The lowest BCUT2D eigenvalue weighted by Gasteiger charge is -2.20. The summed E-state index contributed by atoms with van der Waals surface area (Å²) < 4.78 is 15.7. The maximum atomic E-state index is 12.6. The van der Waals surface area contributed by atoms with Gasteiger partial charge in [-0.05, 0) is 33.8 Å². The molecular weight excluding hydrogens is 424 g/mol. The van der Waals surface area contributed by atoms with Crippen molar-refractivity contribution < 1.29 is 28.4 Å². The highest BCUT2D eigenvalue weighted by Gasteiger charge is 2.31. The molecule has 1 aromatic carbocycles. The van der Waals surface area contributed by atoms with Crippen LogP contribution in [0.25, 0.3) is 16.8 Å². The van der Waals surface area contributed by atoms with Gasteiger partial charge < -0.3 is 18.9 Å². The van der Waals surface area contributed by atoms with Crippen LogP contribution in [0.1, 0.15) is 54.2 Å². The monoisotopic (exact) mass is 448 g/mol. The molecule has 0 aliphatic rings. The van der Waals surface area contributed by atoms with Gasteiger partial charge in [-0.1, -0.05) is 28.9 Å². The first-order valence-electron chi connectivity index (χ1n) is 9.37. The van der Waals surface area contributed by atoms with Crippen LogP contribution in [0.5, 0.6) is 0 Å². The van der Waals surface area contributed by atoms with E-state index in [1.807, 2.05) is 0 Å². The second-order valence-electron chi connectivity index (χ2n) is 7.96. The number of methoxy groups -OCH3 is 1. The van der Waals surface area contributed by atoms with Gasteiger partial charge in [0.1, 0.15) is 16.9 Å². The van der Waals surface area contributed by atoms with E-state index >= 15 is 0 Å². The summed E-state index contributed by atoms with van der Waals surface area (Å²) >= 11 is 6.50. The fraction of sp³-hybridized carbons (Fsp3) is 0.364. The number of aromatic nitrogens is 1. The van der Waals surface area contributed by atoms with Gasteiger partial charge in [0.25, 0.3) is 0 Å². The minimum absolute atomic E-state index is 0.0303. The summed E-state index contributed by atoms with van der Waals surface area (Å²) in [6.07, 6.45) is 1.51. The first kappa shape index (κ1) is 24.1. The number of ketones is 1. The predicted molar refractivity (Wildman–Crippen MR) is 116 cm³/mol. The van der Waals surface area contributed by atoms with E-state index in [9.17, 15) is 14.4 Å². The summed E-state index contributed by atoms with van der Waals surface area (Å²) in [5, 5.41) is 4.01. The Labute approximate surface area is 185 Å². The molecule has 0 radical (unpaired) electrons. The van der Waals surface area contributed by atoms with Crippen LogP contribution < -0.4 is 0 Å². The molecular formula is C22H25ClN2O6. The number of esters is 2. The number of hydrogen-bond acceptors (Lipinski definition) is 8. The summed E-state index contributed by atoms with van der Waals surface area (Å²) in [5.74, 6) is -1.78. The number of nitrogens with zero attached hydrogens (tertiary/aromatic N) is 2. The number of carbonyl (C=O) groups is 3. The Morgan fingerprint density at radius 2 is 1.81 bits per heavy atom. The molecule has 0 aliphatic heterocycles. The largest absolute Gasteiger partial charge is 0.465 e. The molecule has 0 saturated carbocycles. The maximum absolute atomic E-state index is 12.6. The molecule has 0 spiro atoms. The van der Waals surface area contributed by atoms with Crippen molar-refractivity contribution in [3.63, 3.8) is 0 Å². The van der Waals surface area contributed by atoms with E-state index in [-0.39, 0.29) is 44.5 Å². The smallest absolute Gasteiger partial charge is 0.344 e. The first-order chi connectivity index (χ1) is 14.4. The van der Waals surface area contributed by atoms with Crippen LogP contribution in [-0.2, 0) is 14.3 Å². The normalized spacial score (nSPS) is 11.8. The van der Waals surface area contributed by atoms with Crippen molar-refractivity contribution >= 4 is 34.9 Å². The van der Waals surface area contributed by atoms with Gasteiger partial charge in [0, 0.05) is 25.9 Å². The van der Waals surface area contributed by atoms with Gasteiger partial charge in [-0.15, -0.1) is 0 Å². The Bertz CT molecular complexity index is 1050. The zero-order valence-electron chi connectivity index (χ0n) is 18.5. The van der Waals surface area contributed by atoms with E-state index in [2.05, 4.69) is 5.16 Å². The number of carbonyl (C=O) groups excluding carboxylic acids is 3. The lowest BCUT2D eigenvalue weighted by molar-refractivity contribution is -0.111. The Balaban J connectivity index is 2.72. The molecule has 0 amide bonds. The van der Waals surface area contributed by atoms with E-state index < -0.39 is 17.5 Å². The standard InChI is InChI=1S/C22H25ClN2O6/c1-12(26)15(11-25(5)6)19-16(21(28)29-7)18(24-31-19)13-9-8-10-14(17(13)23)20(27)30-22(2,3)4/h8-11H,1-7H3/b15-11+. The van der Waals surface area contributed by atoms with E-state index in [0.29, 0.717) is 0 Å². The summed E-state index contributed by atoms with van der Waals surface area (Å²) in [7, 11) is 4.64. The van der Waals surface area contributed by atoms with E-state index in [1.165, 1.54) is 26.3 Å². The third-order valence-electron chi connectivity index (χ3n) is 3.97. The Hall–Kier alpha value is -3.13. The van der Waals surface area contributed by atoms with Crippen molar-refractivity contribution in [1.29, 1.82) is 0 Å². The minimum atomic E-state index is -0.768. The van der Waals surface area contributed by atoms with Gasteiger partial charge in [-0.25, -0.2) is 9.59 Å². The van der Waals surface area contributed by atoms with Gasteiger partial charge in [0.2, 0.25) is 0 Å². The van der Waals surface area contributed by atoms with Crippen LogP contribution in [-0.4, -0.2) is 54.6 Å². The van der Waals surface area contributed by atoms with Crippen molar-refractivity contribution in [2.75, 3.05) is 21.2 Å². The molecule has 0 bridgehead atoms. The lowest BCUT2D eigenvalue weighted by Crippen LogP contribution is -2.24. The number of rotatable bonds is 6. The fourth-order valence-electron chi connectivity index (χ4n) is 2.72. The van der Waals surface area contributed by atoms with Crippen LogP contribution in [0.4, 0.5) is 0 Å².